The molecule has 1 heterocycles. The van der Waals surface area contributed by atoms with Crippen LogP contribution in [-0.2, 0) is 9.84 Å². The molecule has 1 aromatic rings. The Balaban J connectivity index is 2.00. The van der Waals surface area contributed by atoms with Gasteiger partial charge in [0.1, 0.15) is 5.75 Å². The number of sulfone groups is 1. The Hall–Kier alpha value is -1.07. The summed E-state index contributed by atoms with van der Waals surface area (Å²) < 4.78 is 28.5. The first-order valence-corrected chi connectivity index (χ1v) is 8.83. The van der Waals surface area contributed by atoms with Crippen LogP contribution in [-0.4, -0.2) is 31.1 Å². The molecule has 2 rings (SSSR count). The maximum Gasteiger partial charge on any atom is 0.150 e. The van der Waals surface area contributed by atoms with Gasteiger partial charge in [0.05, 0.1) is 23.7 Å². The molecule has 1 saturated heterocycles. The number of hydrogen-bond donors (Lipinski definition) is 1. The van der Waals surface area contributed by atoms with E-state index in [1.165, 1.54) is 0 Å². The summed E-state index contributed by atoms with van der Waals surface area (Å²) in [5, 5.41) is 10.3. The van der Waals surface area contributed by atoms with Crippen LogP contribution in [0.15, 0.2) is 24.3 Å². The summed E-state index contributed by atoms with van der Waals surface area (Å²) in [6, 6.07) is 7.38. The number of benzene rings is 1. The average molecular weight is 298 g/mol. The number of aliphatic hydroxyl groups is 1. The lowest BCUT2D eigenvalue weighted by atomic mass is 9.96. The second-order valence-electron chi connectivity index (χ2n) is 5.76. The second kappa shape index (κ2) is 6.14. The summed E-state index contributed by atoms with van der Waals surface area (Å²) in [4.78, 5) is 0. The van der Waals surface area contributed by atoms with Crippen molar-refractivity contribution in [2.45, 2.75) is 38.9 Å². The summed E-state index contributed by atoms with van der Waals surface area (Å²) in [6.45, 7) is 3.90. The van der Waals surface area contributed by atoms with Crippen LogP contribution in [0, 0.1) is 5.92 Å². The van der Waals surface area contributed by atoms with Crippen LogP contribution in [0.25, 0.3) is 0 Å². The SMILES string of the molecule is CC(C)Oc1cccc(C(O)CC2CCS(=O)(=O)C2)c1. The zero-order valence-corrected chi connectivity index (χ0v) is 12.8. The van der Waals surface area contributed by atoms with Crippen molar-refractivity contribution < 1.29 is 18.3 Å². The van der Waals surface area contributed by atoms with Gasteiger partial charge in [-0.3, -0.25) is 0 Å². The predicted octanol–water partition coefficient (Wildman–Crippen LogP) is 2.33. The Morgan fingerprint density at radius 2 is 2.15 bits per heavy atom. The van der Waals surface area contributed by atoms with E-state index in [0.717, 1.165) is 11.3 Å². The molecule has 0 aromatic heterocycles. The Morgan fingerprint density at radius 3 is 2.75 bits per heavy atom. The van der Waals surface area contributed by atoms with Crippen molar-refractivity contribution in [3.8, 4) is 5.75 Å². The lowest BCUT2D eigenvalue weighted by molar-refractivity contribution is 0.148. The number of rotatable bonds is 5. The highest BCUT2D eigenvalue weighted by Crippen LogP contribution is 2.30. The van der Waals surface area contributed by atoms with Crippen molar-refractivity contribution in [2.75, 3.05) is 11.5 Å². The molecule has 2 unspecified atom stereocenters. The molecule has 1 N–H and O–H groups in total. The first-order valence-electron chi connectivity index (χ1n) is 7.01. The molecule has 0 aliphatic carbocycles. The Bertz CT molecular complexity index is 551. The predicted molar refractivity (Wildman–Crippen MR) is 78.5 cm³/mol. The van der Waals surface area contributed by atoms with Crippen LogP contribution in [0.1, 0.15) is 38.4 Å². The first-order chi connectivity index (χ1) is 9.35. The van der Waals surface area contributed by atoms with E-state index in [2.05, 4.69) is 0 Å². The van der Waals surface area contributed by atoms with Gasteiger partial charge in [-0.1, -0.05) is 12.1 Å². The van der Waals surface area contributed by atoms with E-state index >= 15 is 0 Å². The Morgan fingerprint density at radius 1 is 1.40 bits per heavy atom. The van der Waals surface area contributed by atoms with Crippen LogP contribution >= 0.6 is 0 Å². The van der Waals surface area contributed by atoms with E-state index in [0.29, 0.717) is 12.8 Å². The van der Waals surface area contributed by atoms with Crippen molar-refractivity contribution in [1.82, 2.24) is 0 Å². The molecule has 4 nitrogen and oxygen atoms in total. The highest BCUT2D eigenvalue weighted by Gasteiger charge is 2.29. The minimum absolute atomic E-state index is 0.0599. The fourth-order valence-electron chi connectivity index (χ4n) is 2.58. The summed E-state index contributed by atoms with van der Waals surface area (Å²) in [5.74, 6) is 1.24. The van der Waals surface area contributed by atoms with Crippen molar-refractivity contribution in [1.29, 1.82) is 0 Å². The largest absolute Gasteiger partial charge is 0.491 e. The minimum Gasteiger partial charge on any atom is -0.491 e. The summed E-state index contributed by atoms with van der Waals surface area (Å²) in [6.07, 6.45) is 0.595. The van der Waals surface area contributed by atoms with E-state index in [4.69, 9.17) is 4.74 Å². The third kappa shape index (κ3) is 4.21. The van der Waals surface area contributed by atoms with Crippen molar-refractivity contribution in [3.05, 3.63) is 29.8 Å². The minimum atomic E-state index is -2.88. The molecule has 0 amide bonds. The van der Waals surface area contributed by atoms with Crippen LogP contribution in [0.3, 0.4) is 0 Å². The number of hydrogen-bond acceptors (Lipinski definition) is 4. The van der Waals surface area contributed by atoms with Crippen molar-refractivity contribution in [3.63, 3.8) is 0 Å². The Kier molecular flexibility index (Phi) is 4.70. The molecular formula is C15H22O4S. The van der Waals surface area contributed by atoms with E-state index in [1.807, 2.05) is 38.1 Å². The van der Waals surface area contributed by atoms with Gasteiger partial charge in [-0.05, 0) is 50.3 Å². The smallest absolute Gasteiger partial charge is 0.150 e. The molecule has 0 radical (unpaired) electrons. The fraction of sp³-hybridized carbons (Fsp3) is 0.600. The van der Waals surface area contributed by atoms with Gasteiger partial charge in [0.25, 0.3) is 0 Å². The summed E-state index contributed by atoms with van der Waals surface area (Å²) in [5.41, 5.74) is 0.785. The van der Waals surface area contributed by atoms with E-state index in [-0.39, 0.29) is 23.5 Å². The zero-order chi connectivity index (χ0) is 14.8. The molecule has 0 saturated carbocycles. The number of ether oxygens (including phenoxy) is 1. The second-order valence-corrected chi connectivity index (χ2v) is 7.99. The lowest BCUT2D eigenvalue weighted by Crippen LogP contribution is -2.10. The van der Waals surface area contributed by atoms with Crippen molar-refractivity contribution >= 4 is 9.84 Å². The van der Waals surface area contributed by atoms with Crippen LogP contribution in [0.5, 0.6) is 5.75 Å². The van der Waals surface area contributed by atoms with Gasteiger partial charge in [0.15, 0.2) is 9.84 Å². The molecule has 20 heavy (non-hydrogen) atoms. The van der Waals surface area contributed by atoms with Gasteiger partial charge in [-0.15, -0.1) is 0 Å². The molecule has 0 spiro atoms. The molecule has 5 heteroatoms. The van der Waals surface area contributed by atoms with Gasteiger partial charge in [0, 0.05) is 0 Å². The number of aliphatic hydroxyl groups excluding tert-OH is 1. The molecule has 1 fully saturated rings. The van der Waals surface area contributed by atoms with Crippen LogP contribution in [0.4, 0.5) is 0 Å². The average Bonchev–Trinajstić information content (AvgIpc) is 2.68. The zero-order valence-electron chi connectivity index (χ0n) is 12.0. The molecule has 112 valence electrons. The monoisotopic (exact) mass is 298 g/mol. The maximum atomic E-state index is 11.4. The lowest BCUT2D eigenvalue weighted by Gasteiger charge is -2.16. The molecule has 0 bridgehead atoms. The maximum absolute atomic E-state index is 11.4. The van der Waals surface area contributed by atoms with Gasteiger partial charge >= 0.3 is 0 Å². The molecule has 1 aliphatic rings. The molecule has 1 aromatic carbocycles. The quantitative estimate of drug-likeness (QED) is 0.906. The summed E-state index contributed by atoms with van der Waals surface area (Å²) >= 11 is 0. The van der Waals surface area contributed by atoms with E-state index in [1.54, 1.807) is 0 Å². The summed E-state index contributed by atoms with van der Waals surface area (Å²) in [7, 11) is -2.88. The molecule has 1 aliphatic heterocycles. The Labute approximate surface area is 120 Å². The van der Waals surface area contributed by atoms with Gasteiger partial charge in [-0.2, -0.15) is 0 Å². The van der Waals surface area contributed by atoms with E-state index in [9.17, 15) is 13.5 Å². The topological polar surface area (TPSA) is 63.6 Å². The van der Waals surface area contributed by atoms with Crippen LogP contribution < -0.4 is 4.74 Å². The van der Waals surface area contributed by atoms with Gasteiger partial charge < -0.3 is 9.84 Å². The van der Waals surface area contributed by atoms with Crippen molar-refractivity contribution in [2.24, 2.45) is 5.92 Å². The standard InChI is InChI=1S/C15H22O4S/c1-11(2)19-14-5-3-4-13(9-14)15(16)8-12-6-7-20(17,18)10-12/h3-5,9,11-12,15-16H,6-8,10H2,1-2H3. The van der Waals surface area contributed by atoms with E-state index < -0.39 is 15.9 Å². The first kappa shape index (κ1) is 15.3. The highest BCUT2D eigenvalue weighted by atomic mass is 32.2. The third-order valence-electron chi connectivity index (χ3n) is 3.50. The molecule has 2 atom stereocenters. The normalized spacial score (nSPS) is 22.9. The van der Waals surface area contributed by atoms with Crippen LogP contribution in [0.2, 0.25) is 0 Å². The molecular weight excluding hydrogens is 276 g/mol. The van der Waals surface area contributed by atoms with Gasteiger partial charge in [-0.25, -0.2) is 8.42 Å². The fourth-order valence-corrected chi connectivity index (χ4v) is 4.46. The highest BCUT2D eigenvalue weighted by molar-refractivity contribution is 7.91. The third-order valence-corrected chi connectivity index (χ3v) is 5.33. The van der Waals surface area contributed by atoms with Gasteiger partial charge in [0.2, 0.25) is 0 Å².